The zero-order valence-electron chi connectivity index (χ0n) is 6.16. The van der Waals surface area contributed by atoms with E-state index in [1.165, 1.54) is 0 Å². The van der Waals surface area contributed by atoms with Crippen LogP contribution in [-0.4, -0.2) is 16.6 Å². The Kier molecular flexibility index (Phi) is 2.42. The maximum atomic E-state index is 4.93. The molecule has 0 aliphatic heterocycles. The molecule has 4 heteroatoms. The standard InChI is InChI=1S/C6H11N3O/c1-7-10-5-6-8-3-4-9(6)2/h3-4,7H,5H2,1-2H3. The molecule has 0 fully saturated rings. The molecule has 1 aromatic rings. The molecular weight excluding hydrogens is 130 g/mol. The Morgan fingerprint density at radius 3 is 3.10 bits per heavy atom. The lowest BCUT2D eigenvalue weighted by Crippen LogP contribution is -2.09. The van der Waals surface area contributed by atoms with Gasteiger partial charge in [0.2, 0.25) is 0 Å². The first-order valence-electron chi connectivity index (χ1n) is 3.09. The number of nitrogens with one attached hydrogen (secondary N) is 1. The lowest BCUT2D eigenvalue weighted by molar-refractivity contribution is 0.0390. The van der Waals surface area contributed by atoms with Crippen molar-refractivity contribution < 1.29 is 4.84 Å². The third-order valence-corrected chi connectivity index (χ3v) is 1.27. The van der Waals surface area contributed by atoms with Crippen LogP contribution in [0.5, 0.6) is 0 Å². The molecular formula is C6H11N3O. The average Bonchev–Trinajstić information content (AvgIpc) is 2.31. The second-order valence-corrected chi connectivity index (χ2v) is 1.95. The fourth-order valence-electron chi connectivity index (χ4n) is 0.672. The largest absolute Gasteiger partial charge is 0.336 e. The Morgan fingerprint density at radius 2 is 2.60 bits per heavy atom. The van der Waals surface area contributed by atoms with E-state index >= 15 is 0 Å². The Morgan fingerprint density at radius 1 is 1.80 bits per heavy atom. The molecule has 4 nitrogen and oxygen atoms in total. The van der Waals surface area contributed by atoms with Crippen molar-refractivity contribution in [1.82, 2.24) is 15.0 Å². The second-order valence-electron chi connectivity index (χ2n) is 1.95. The Hall–Kier alpha value is -0.870. The summed E-state index contributed by atoms with van der Waals surface area (Å²) in [6.07, 6.45) is 3.63. The van der Waals surface area contributed by atoms with E-state index < -0.39 is 0 Å². The van der Waals surface area contributed by atoms with Crippen LogP contribution >= 0.6 is 0 Å². The van der Waals surface area contributed by atoms with Crippen LogP contribution in [0.15, 0.2) is 12.4 Å². The first kappa shape index (κ1) is 7.24. The summed E-state index contributed by atoms with van der Waals surface area (Å²) in [6.45, 7) is 0.500. The van der Waals surface area contributed by atoms with Gasteiger partial charge in [0.25, 0.3) is 0 Å². The van der Waals surface area contributed by atoms with Gasteiger partial charge in [-0.2, -0.15) is 0 Å². The van der Waals surface area contributed by atoms with E-state index in [9.17, 15) is 0 Å². The van der Waals surface area contributed by atoms with Gasteiger partial charge in [-0.1, -0.05) is 0 Å². The van der Waals surface area contributed by atoms with Crippen molar-refractivity contribution in [2.45, 2.75) is 6.61 Å². The molecule has 0 amide bonds. The van der Waals surface area contributed by atoms with Gasteiger partial charge >= 0.3 is 0 Å². The smallest absolute Gasteiger partial charge is 0.136 e. The monoisotopic (exact) mass is 141 g/mol. The van der Waals surface area contributed by atoms with Crippen LogP contribution in [0.25, 0.3) is 0 Å². The van der Waals surface area contributed by atoms with Crippen LogP contribution in [-0.2, 0) is 18.5 Å². The molecule has 0 aliphatic rings. The number of hydrogen-bond acceptors (Lipinski definition) is 3. The van der Waals surface area contributed by atoms with Gasteiger partial charge in [-0.3, -0.25) is 4.84 Å². The van der Waals surface area contributed by atoms with Gasteiger partial charge in [0.1, 0.15) is 12.4 Å². The quantitative estimate of drug-likeness (QED) is 0.605. The Labute approximate surface area is 59.8 Å². The first-order valence-corrected chi connectivity index (χ1v) is 3.09. The van der Waals surface area contributed by atoms with Crippen LogP contribution in [0.3, 0.4) is 0 Å². The maximum absolute atomic E-state index is 4.93. The lowest BCUT2D eigenvalue weighted by Gasteiger charge is -2.00. The first-order chi connectivity index (χ1) is 4.84. The van der Waals surface area contributed by atoms with Crippen LogP contribution in [0.4, 0.5) is 0 Å². The molecule has 0 radical (unpaired) electrons. The van der Waals surface area contributed by atoms with E-state index in [2.05, 4.69) is 10.5 Å². The summed E-state index contributed by atoms with van der Waals surface area (Å²) in [5, 5.41) is 0. The summed E-state index contributed by atoms with van der Waals surface area (Å²) < 4.78 is 1.91. The number of imidazole rings is 1. The van der Waals surface area contributed by atoms with Crippen LogP contribution in [0.2, 0.25) is 0 Å². The van der Waals surface area contributed by atoms with Crippen molar-refractivity contribution in [3.05, 3.63) is 18.2 Å². The summed E-state index contributed by atoms with van der Waals surface area (Å²) in [5.41, 5.74) is 2.58. The minimum atomic E-state index is 0.500. The van der Waals surface area contributed by atoms with Gasteiger partial charge in [0.05, 0.1) is 0 Å². The molecule has 1 aromatic heterocycles. The van der Waals surface area contributed by atoms with E-state index in [-0.39, 0.29) is 0 Å². The molecule has 1 rings (SSSR count). The van der Waals surface area contributed by atoms with E-state index in [0.29, 0.717) is 6.61 Å². The molecule has 0 atom stereocenters. The lowest BCUT2D eigenvalue weighted by atomic mass is 10.6. The molecule has 0 bridgehead atoms. The van der Waals surface area contributed by atoms with Crippen LogP contribution in [0, 0.1) is 0 Å². The van der Waals surface area contributed by atoms with Crippen molar-refractivity contribution >= 4 is 0 Å². The van der Waals surface area contributed by atoms with E-state index in [0.717, 1.165) is 5.82 Å². The predicted molar refractivity (Wildman–Crippen MR) is 37.1 cm³/mol. The predicted octanol–water partition coefficient (Wildman–Crippen LogP) is 0.0711. The summed E-state index contributed by atoms with van der Waals surface area (Å²) in [7, 11) is 3.66. The average molecular weight is 141 g/mol. The highest BCUT2D eigenvalue weighted by molar-refractivity contribution is 4.88. The van der Waals surface area contributed by atoms with Gasteiger partial charge in [0, 0.05) is 26.5 Å². The minimum absolute atomic E-state index is 0.500. The van der Waals surface area contributed by atoms with Gasteiger partial charge in [-0.25, -0.2) is 10.5 Å². The van der Waals surface area contributed by atoms with Crippen molar-refractivity contribution in [3.63, 3.8) is 0 Å². The Bertz CT molecular complexity index is 197. The zero-order chi connectivity index (χ0) is 7.40. The number of aryl methyl sites for hydroxylation is 1. The molecule has 0 aromatic carbocycles. The van der Waals surface area contributed by atoms with Gasteiger partial charge < -0.3 is 4.57 Å². The summed E-state index contributed by atoms with van der Waals surface area (Å²) in [6, 6.07) is 0. The molecule has 0 saturated heterocycles. The normalized spacial score (nSPS) is 10.2. The molecule has 0 spiro atoms. The van der Waals surface area contributed by atoms with Crippen molar-refractivity contribution in [1.29, 1.82) is 0 Å². The Balaban J connectivity index is 2.49. The highest BCUT2D eigenvalue weighted by Gasteiger charge is 1.96. The fraction of sp³-hybridized carbons (Fsp3) is 0.500. The summed E-state index contributed by atoms with van der Waals surface area (Å²) >= 11 is 0. The van der Waals surface area contributed by atoms with Crippen molar-refractivity contribution in [3.8, 4) is 0 Å². The number of hydrogen-bond donors (Lipinski definition) is 1. The maximum Gasteiger partial charge on any atom is 0.136 e. The number of hydroxylamine groups is 1. The van der Waals surface area contributed by atoms with Crippen molar-refractivity contribution in [2.75, 3.05) is 7.05 Å². The van der Waals surface area contributed by atoms with E-state index in [1.807, 2.05) is 17.8 Å². The van der Waals surface area contributed by atoms with Gasteiger partial charge in [-0.05, 0) is 0 Å². The molecule has 1 heterocycles. The van der Waals surface area contributed by atoms with E-state index in [1.54, 1.807) is 13.2 Å². The van der Waals surface area contributed by atoms with Crippen LogP contribution < -0.4 is 5.48 Å². The third-order valence-electron chi connectivity index (χ3n) is 1.27. The van der Waals surface area contributed by atoms with Gasteiger partial charge in [0.15, 0.2) is 0 Å². The SMILES string of the molecule is CNOCc1nccn1C. The summed E-state index contributed by atoms with van der Waals surface area (Å²) in [4.78, 5) is 8.98. The number of aromatic nitrogens is 2. The van der Waals surface area contributed by atoms with Gasteiger partial charge in [-0.15, -0.1) is 0 Å². The minimum Gasteiger partial charge on any atom is -0.336 e. The molecule has 0 aliphatic carbocycles. The van der Waals surface area contributed by atoms with Crippen molar-refractivity contribution in [2.24, 2.45) is 7.05 Å². The summed E-state index contributed by atoms with van der Waals surface area (Å²) in [5.74, 6) is 0.911. The molecule has 56 valence electrons. The van der Waals surface area contributed by atoms with Crippen LogP contribution in [0.1, 0.15) is 5.82 Å². The second kappa shape index (κ2) is 3.34. The van der Waals surface area contributed by atoms with E-state index in [4.69, 9.17) is 4.84 Å². The topological polar surface area (TPSA) is 39.1 Å². The molecule has 10 heavy (non-hydrogen) atoms. The number of rotatable bonds is 3. The number of nitrogens with zero attached hydrogens (tertiary/aromatic N) is 2. The third kappa shape index (κ3) is 1.55. The fourth-order valence-corrected chi connectivity index (χ4v) is 0.672. The zero-order valence-corrected chi connectivity index (χ0v) is 6.16. The highest BCUT2D eigenvalue weighted by Crippen LogP contribution is 1.93. The molecule has 1 N–H and O–H groups in total. The molecule has 0 unspecified atom stereocenters. The highest BCUT2D eigenvalue weighted by atomic mass is 16.6. The molecule has 0 saturated carbocycles.